The van der Waals surface area contributed by atoms with Crippen molar-refractivity contribution in [2.45, 2.75) is 13.1 Å². The first-order valence-electron chi connectivity index (χ1n) is 4.78. The summed E-state index contributed by atoms with van der Waals surface area (Å²) < 4.78 is 22.7. The Hall–Kier alpha value is -1.65. The van der Waals surface area contributed by atoms with Crippen molar-refractivity contribution < 1.29 is 23.5 Å². The largest absolute Gasteiger partial charge is 0.468 e. The summed E-state index contributed by atoms with van der Waals surface area (Å²) in [6.07, 6.45) is 2.78. The molecule has 0 saturated heterocycles. The maximum absolute atomic E-state index is 13.5. The monoisotopic (exact) mass is 228 g/mol. The van der Waals surface area contributed by atoms with Crippen molar-refractivity contribution in [1.82, 2.24) is 0 Å². The third-order valence-electron chi connectivity index (χ3n) is 2.15. The van der Waals surface area contributed by atoms with E-state index in [9.17, 15) is 14.0 Å². The maximum atomic E-state index is 13.5. The molecular weight excluding hydrogens is 215 g/mol. The highest BCUT2D eigenvalue weighted by molar-refractivity contribution is 5.76. The lowest BCUT2D eigenvalue weighted by Gasteiger charge is -2.17. The molecule has 0 aromatic carbocycles. The number of ether oxygens (including phenoxy) is 2. The molecular formula is C11H13FO4. The Kier molecular flexibility index (Phi) is 4.22. The van der Waals surface area contributed by atoms with Crippen molar-refractivity contribution in [3.63, 3.8) is 0 Å². The third-order valence-corrected chi connectivity index (χ3v) is 2.15. The Morgan fingerprint density at radius 3 is 2.69 bits per heavy atom. The van der Waals surface area contributed by atoms with Crippen molar-refractivity contribution in [1.29, 1.82) is 0 Å². The van der Waals surface area contributed by atoms with Crippen molar-refractivity contribution >= 4 is 11.9 Å². The summed E-state index contributed by atoms with van der Waals surface area (Å²) in [4.78, 5) is 21.7. The highest BCUT2D eigenvalue weighted by atomic mass is 19.1. The molecule has 5 heteroatoms. The van der Waals surface area contributed by atoms with Crippen LogP contribution in [0.4, 0.5) is 4.39 Å². The van der Waals surface area contributed by atoms with Crippen LogP contribution < -0.4 is 0 Å². The summed E-state index contributed by atoms with van der Waals surface area (Å²) in [5.74, 6) is -1.96. The molecule has 0 spiro atoms. The smallest absolute Gasteiger partial charge is 0.315 e. The van der Waals surface area contributed by atoms with Crippen LogP contribution in [0.3, 0.4) is 0 Å². The van der Waals surface area contributed by atoms with E-state index < -0.39 is 24.0 Å². The van der Waals surface area contributed by atoms with Crippen LogP contribution in [-0.4, -0.2) is 31.8 Å². The predicted molar refractivity (Wildman–Crippen MR) is 54.3 cm³/mol. The lowest BCUT2D eigenvalue weighted by Crippen LogP contribution is -2.25. The molecule has 2 unspecified atom stereocenters. The van der Waals surface area contributed by atoms with Crippen LogP contribution in [0, 0.1) is 5.92 Å². The quantitative estimate of drug-likeness (QED) is 0.680. The van der Waals surface area contributed by atoms with Gasteiger partial charge >= 0.3 is 11.9 Å². The van der Waals surface area contributed by atoms with Crippen LogP contribution in [0.15, 0.2) is 23.8 Å². The number of allylic oxidation sites excluding steroid dienone is 1. The van der Waals surface area contributed by atoms with E-state index in [0.29, 0.717) is 5.57 Å². The van der Waals surface area contributed by atoms with Crippen LogP contribution in [-0.2, 0) is 19.1 Å². The third kappa shape index (κ3) is 3.18. The average molecular weight is 228 g/mol. The lowest BCUT2D eigenvalue weighted by atomic mass is 9.95. The van der Waals surface area contributed by atoms with Gasteiger partial charge < -0.3 is 9.47 Å². The van der Waals surface area contributed by atoms with E-state index >= 15 is 0 Å². The molecule has 0 fully saturated rings. The van der Waals surface area contributed by atoms with Crippen molar-refractivity contribution in [2.75, 3.05) is 13.7 Å². The second kappa shape index (κ2) is 5.44. The summed E-state index contributed by atoms with van der Waals surface area (Å²) in [6.45, 7) is 1.29. The fourth-order valence-corrected chi connectivity index (χ4v) is 1.32. The summed E-state index contributed by atoms with van der Waals surface area (Å²) >= 11 is 0. The molecule has 0 aromatic heterocycles. The summed E-state index contributed by atoms with van der Waals surface area (Å²) in [5.41, 5.74) is 0.530. The number of hydrogen-bond acceptors (Lipinski definition) is 4. The second-order valence-corrected chi connectivity index (χ2v) is 3.37. The highest BCUT2D eigenvalue weighted by Gasteiger charge is 2.27. The SMILES string of the molecule is COC(=O)C1C=CC(COC(C)=O)=CC1F. The molecule has 0 radical (unpaired) electrons. The van der Waals surface area contributed by atoms with Gasteiger partial charge in [0.15, 0.2) is 0 Å². The molecule has 1 rings (SSSR count). The van der Waals surface area contributed by atoms with E-state index in [1.165, 1.54) is 26.2 Å². The van der Waals surface area contributed by atoms with Gasteiger partial charge in [-0.3, -0.25) is 9.59 Å². The number of halogens is 1. The van der Waals surface area contributed by atoms with Gasteiger partial charge in [-0.15, -0.1) is 0 Å². The first-order valence-corrected chi connectivity index (χ1v) is 4.78. The molecule has 16 heavy (non-hydrogen) atoms. The molecule has 0 N–H and O–H groups in total. The van der Waals surface area contributed by atoms with Gasteiger partial charge in [0.05, 0.1) is 7.11 Å². The average Bonchev–Trinajstić information content (AvgIpc) is 2.25. The zero-order valence-corrected chi connectivity index (χ0v) is 9.10. The lowest BCUT2D eigenvalue weighted by molar-refractivity contribution is -0.145. The number of rotatable bonds is 3. The van der Waals surface area contributed by atoms with Crippen molar-refractivity contribution in [2.24, 2.45) is 5.92 Å². The molecule has 0 saturated carbocycles. The molecule has 88 valence electrons. The highest BCUT2D eigenvalue weighted by Crippen LogP contribution is 2.21. The van der Waals surface area contributed by atoms with Gasteiger partial charge in [-0.05, 0) is 11.6 Å². The Balaban J connectivity index is 2.59. The zero-order chi connectivity index (χ0) is 12.1. The fourth-order valence-electron chi connectivity index (χ4n) is 1.32. The predicted octanol–water partition coefficient (Wildman–Crippen LogP) is 1.17. The Labute approximate surface area is 92.7 Å². The number of methoxy groups -OCH3 is 1. The number of carbonyl (C=O) groups excluding carboxylic acids is 2. The van der Waals surface area contributed by atoms with Gasteiger partial charge in [0.2, 0.25) is 0 Å². The van der Waals surface area contributed by atoms with Crippen molar-refractivity contribution in [3.05, 3.63) is 23.8 Å². The minimum Gasteiger partial charge on any atom is -0.468 e. The van der Waals surface area contributed by atoms with Crippen LogP contribution in [0.2, 0.25) is 0 Å². The normalized spacial score (nSPS) is 23.6. The molecule has 4 nitrogen and oxygen atoms in total. The molecule has 0 aliphatic heterocycles. The van der Waals surface area contributed by atoms with Crippen LogP contribution in [0.5, 0.6) is 0 Å². The van der Waals surface area contributed by atoms with Crippen LogP contribution >= 0.6 is 0 Å². The Morgan fingerprint density at radius 2 is 2.19 bits per heavy atom. The van der Waals surface area contributed by atoms with E-state index in [1.807, 2.05) is 0 Å². The molecule has 1 aliphatic carbocycles. The molecule has 0 aromatic rings. The number of carbonyl (C=O) groups is 2. The van der Waals surface area contributed by atoms with Gasteiger partial charge in [0.1, 0.15) is 18.7 Å². The first kappa shape index (κ1) is 12.4. The van der Waals surface area contributed by atoms with E-state index in [0.717, 1.165) is 0 Å². The first-order chi connectivity index (χ1) is 7.54. The van der Waals surface area contributed by atoms with Gasteiger partial charge in [-0.2, -0.15) is 0 Å². The standard InChI is InChI=1S/C11H13FO4/c1-7(13)16-6-8-3-4-9(10(12)5-8)11(14)15-2/h3-5,9-10H,6H2,1-2H3. The van der Waals surface area contributed by atoms with Crippen molar-refractivity contribution in [3.8, 4) is 0 Å². The number of hydrogen-bond donors (Lipinski definition) is 0. The summed E-state index contributed by atoms with van der Waals surface area (Å²) in [6, 6.07) is 0. The van der Waals surface area contributed by atoms with Crippen LogP contribution in [0.1, 0.15) is 6.92 Å². The number of esters is 2. The van der Waals surface area contributed by atoms with Gasteiger partial charge in [0, 0.05) is 6.92 Å². The van der Waals surface area contributed by atoms with E-state index in [4.69, 9.17) is 4.74 Å². The molecule has 2 atom stereocenters. The zero-order valence-electron chi connectivity index (χ0n) is 9.10. The molecule has 0 heterocycles. The minimum atomic E-state index is -1.44. The fraction of sp³-hybridized carbons (Fsp3) is 0.455. The second-order valence-electron chi connectivity index (χ2n) is 3.37. The van der Waals surface area contributed by atoms with Gasteiger partial charge in [0.25, 0.3) is 0 Å². The molecule has 0 amide bonds. The van der Waals surface area contributed by atoms with Gasteiger partial charge in [-0.1, -0.05) is 12.2 Å². The van der Waals surface area contributed by atoms with E-state index in [-0.39, 0.29) is 6.61 Å². The molecule has 0 bridgehead atoms. The summed E-state index contributed by atoms with van der Waals surface area (Å²) in [5, 5.41) is 0. The van der Waals surface area contributed by atoms with Gasteiger partial charge in [-0.25, -0.2) is 4.39 Å². The van der Waals surface area contributed by atoms with Crippen LogP contribution in [0.25, 0.3) is 0 Å². The molecule has 1 aliphatic rings. The summed E-state index contributed by atoms with van der Waals surface area (Å²) in [7, 11) is 1.21. The van der Waals surface area contributed by atoms with E-state index in [1.54, 1.807) is 6.08 Å². The topological polar surface area (TPSA) is 52.6 Å². The minimum absolute atomic E-state index is 0.0140. The Morgan fingerprint density at radius 1 is 1.50 bits per heavy atom. The van der Waals surface area contributed by atoms with E-state index in [2.05, 4.69) is 4.74 Å². The Bertz CT molecular complexity index is 346. The maximum Gasteiger partial charge on any atom is 0.315 e. The number of alkyl halides is 1.